The summed E-state index contributed by atoms with van der Waals surface area (Å²) in [5, 5.41) is 3.42. The monoisotopic (exact) mass is 272 g/mol. The first-order valence-electron chi connectivity index (χ1n) is 6.49. The van der Waals surface area contributed by atoms with Crippen molar-refractivity contribution in [2.75, 3.05) is 26.2 Å². The van der Waals surface area contributed by atoms with E-state index in [1.807, 2.05) is 42.2 Å². The number of rotatable bonds is 3. The van der Waals surface area contributed by atoms with E-state index < -0.39 is 12.6 Å². The Morgan fingerprint density at radius 3 is 2.58 bits per heavy atom. The number of hydrogen-bond donors (Lipinski definition) is 1. The van der Waals surface area contributed by atoms with Gasteiger partial charge in [-0.15, -0.1) is 0 Å². The highest BCUT2D eigenvalue weighted by Crippen LogP contribution is 2.26. The highest BCUT2D eigenvalue weighted by molar-refractivity contribution is 5.24. The summed E-state index contributed by atoms with van der Waals surface area (Å²) in [5.41, 5.74) is 0.845. The van der Waals surface area contributed by atoms with Crippen LogP contribution in [0.2, 0.25) is 0 Å². The van der Waals surface area contributed by atoms with E-state index in [4.69, 9.17) is 0 Å². The van der Waals surface area contributed by atoms with Crippen LogP contribution in [0.25, 0.3) is 0 Å². The van der Waals surface area contributed by atoms with Crippen molar-refractivity contribution >= 4 is 0 Å². The Morgan fingerprint density at radius 1 is 1.26 bits per heavy atom. The molecule has 1 fully saturated rings. The fourth-order valence-electron chi connectivity index (χ4n) is 2.55. The number of alkyl halides is 3. The first kappa shape index (κ1) is 14.3. The Labute approximate surface area is 111 Å². The number of piperazine rings is 1. The van der Waals surface area contributed by atoms with Crippen LogP contribution in [0, 0.1) is 0 Å². The molecule has 5 heteroatoms. The predicted molar refractivity (Wildman–Crippen MR) is 68.9 cm³/mol. The number of benzene rings is 1. The second-order valence-electron chi connectivity index (χ2n) is 5.27. The highest BCUT2D eigenvalue weighted by atomic mass is 19.4. The van der Waals surface area contributed by atoms with E-state index >= 15 is 0 Å². The zero-order valence-electron chi connectivity index (χ0n) is 11.0. The van der Waals surface area contributed by atoms with Crippen LogP contribution in [-0.4, -0.2) is 37.3 Å². The maximum Gasteiger partial charge on any atom is 0.390 e. The molecule has 1 aliphatic rings. The van der Waals surface area contributed by atoms with Crippen LogP contribution in [-0.2, 0) is 5.54 Å². The van der Waals surface area contributed by atoms with E-state index in [-0.39, 0.29) is 12.1 Å². The molecule has 1 aromatic rings. The first-order chi connectivity index (χ1) is 8.89. The number of nitrogens with one attached hydrogen (secondary N) is 1. The van der Waals surface area contributed by atoms with Gasteiger partial charge in [-0.05, 0) is 12.5 Å². The molecule has 2 nitrogen and oxygen atoms in total. The molecule has 1 saturated heterocycles. The second-order valence-corrected chi connectivity index (χ2v) is 5.27. The molecule has 106 valence electrons. The summed E-state index contributed by atoms with van der Waals surface area (Å²) in [6.45, 7) is 4.10. The molecule has 0 radical (unpaired) electrons. The molecular formula is C14H19F3N2. The summed E-state index contributed by atoms with van der Waals surface area (Å²) >= 11 is 0. The molecule has 2 rings (SSSR count). The van der Waals surface area contributed by atoms with Crippen LogP contribution in [0.3, 0.4) is 0 Å². The average molecular weight is 272 g/mol. The van der Waals surface area contributed by atoms with Crippen LogP contribution in [0.5, 0.6) is 0 Å². The highest BCUT2D eigenvalue weighted by Gasteiger charge is 2.34. The number of halogens is 3. The quantitative estimate of drug-likeness (QED) is 0.910. The summed E-state index contributed by atoms with van der Waals surface area (Å²) in [6.07, 6.45) is -4.81. The van der Waals surface area contributed by atoms with Crippen LogP contribution in [0.4, 0.5) is 13.2 Å². The minimum absolute atomic E-state index is 0.0770. The molecule has 0 spiro atoms. The van der Waals surface area contributed by atoms with Crippen molar-refractivity contribution in [1.29, 1.82) is 0 Å². The van der Waals surface area contributed by atoms with Crippen molar-refractivity contribution in [3.05, 3.63) is 35.9 Å². The Hall–Kier alpha value is -1.07. The van der Waals surface area contributed by atoms with E-state index in [0.29, 0.717) is 19.6 Å². The van der Waals surface area contributed by atoms with Crippen LogP contribution >= 0.6 is 0 Å². The van der Waals surface area contributed by atoms with Gasteiger partial charge >= 0.3 is 6.18 Å². The predicted octanol–water partition coefficient (Wildman–Crippen LogP) is 2.76. The van der Waals surface area contributed by atoms with Gasteiger partial charge < -0.3 is 5.32 Å². The van der Waals surface area contributed by atoms with E-state index in [1.165, 1.54) is 0 Å². The Morgan fingerprint density at radius 2 is 1.95 bits per heavy atom. The minimum atomic E-state index is -4.08. The van der Waals surface area contributed by atoms with Crippen LogP contribution in [0.15, 0.2) is 30.3 Å². The largest absolute Gasteiger partial charge is 0.390 e. The zero-order valence-corrected chi connectivity index (χ0v) is 11.0. The maximum atomic E-state index is 12.3. The van der Waals surface area contributed by atoms with Crippen molar-refractivity contribution in [3.63, 3.8) is 0 Å². The first-order valence-corrected chi connectivity index (χ1v) is 6.49. The maximum absolute atomic E-state index is 12.3. The van der Waals surface area contributed by atoms with Crippen LogP contribution < -0.4 is 5.32 Å². The third-order valence-electron chi connectivity index (χ3n) is 3.61. The van der Waals surface area contributed by atoms with Gasteiger partial charge in [0.15, 0.2) is 0 Å². The van der Waals surface area contributed by atoms with Gasteiger partial charge in [0.1, 0.15) is 0 Å². The van der Waals surface area contributed by atoms with E-state index in [1.54, 1.807) is 0 Å². The van der Waals surface area contributed by atoms with Crippen molar-refractivity contribution in [3.8, 4) is 0 Å². The van der Waals surface area contributed by atoms with Gasteiger partial charge in [0, 0.05) is 26.2 Å². The molecule has 1 atom stereocenters. The lowest BCUT2D eigenvalue weighted by atomic mass is 9.89. The van der Waals surface area contributed by atoms with Crippen molar-refractivity contribution < 1.29 is 13.2 Å². The zero-order chi connectivity index (χ0) is 13.9. The number of hydrogen-bond acceptors (Lipinski definition) is 2. The second kappa shape index (κ2) is 5.51. The molecule has 1 aromatic carbocycles. The van der Waals surface area contributed by atoms with Crippen molar-refractivity contribution in [1.82, 2.24) is 10.2 Å². The fraction of sp³-hybridized carbons (Fsp3) is 0.571. The fourth-order valence-corrected chi connectivity index (χ4v) is 2.55. The summed E-state index contributed by atoms with van der Waals surface area (Å²) in [6, 6.07) is 9.88. The molecule has 0 amide bonds. The van der Waals surface area contributed by atoms with Gasteiger partial charge in [-0.3, -0.25) is 4.90 Å². The van der Waals surface area contributed by atoms with Crippen molar-refractivity contribution in [2.24, 2.45) is 0 Å². The molecule has 0 saturated carbocycles. The third kappa shape index (κ3) is 3.94. The van der Waals surface area contributed by atoms with Crippen LogP contribution in [0.1, 0.15) is 18.9 Å². The molecule has 0 aliphatic carbocycles. The lowest BCUT2D eigenvalue weighted by Gasteiger charge is -2.42. The lowest BCUT2D eigenvalue weighted by molar-refractivity contribution is -0.139. The lowest BCUT2D eigenvalue weighted by Crippen LogP contribution is -2.56. The van der Waals surface area contributed by atoms with Crippen molar-refractivity contribution in [2.45, 2.75) is 25.1 Å². The van der Waals surface area contributed by atoms with Gasteiger partial charge in [0.25, 0.3) is 0 Å². The third-order valence-corrected chi connectivity index (χ3v) is 3.61. The Kier molecular flexibility index (Phi) is 4.16. The van der Waals surface area contributed by atoms with Gasteiger partial charge in [0.05, 0.1) is 12.0 Å². The summed E-state index contributed by atoms with van der Waals surface area (Å²) in [7, 11) is 0. The van der Waals surface area contributed by atoms with E-state index in [0.717, 1.165) is 5.56 Å². The summed E-state index contributed by atoms with van der Waals surface area (Å²) in [5.74, 6) is 0. The van der Waals surface area contributed by atoms with Gasteiger partial charge in [-0.25, -0.2) is 0 Å². The van der Waals surface area contributed by atoms with Gasteiger partial charge in [-0.2, -0.15) is 13.2 Å². The topological polar surface area (TPSA) is 15.3 Å². The molecule has 0 aromatic heterocycles. The number of nitrogens with zero attached hydrogens (tertiary/aromatic N) is 1. The standard InChI is InChI=1S/C14H19F3N2/c1-13(12-5-3-2-4-6-12)11-19(10-8-18-13)9-7-14(15,16)17/h2-6,18H,7-11H2,1H3. The normalized spacial score (nSPS) is 25.5. The molecule has 19 heavy (non-hydrogen) atoms. The van der Waals surface area contributed by atoms with E-state index in [9.17, 15) is 13.2 Å². The molecule has 1 unspecified atom stereocenters. The summed E-state index contributed by atoms with van der Waals surface area (Å²) in [4.78, 5) is 1.89. The summed E-state index contributed by atoms with van der Waals surface area (Å²) < 4.78 is 36.9. The molecule has 1 aliphatic heterocycles. The molecule has 1 N–H and O–H groups in total. The van der Waals surface area contributed by atoms with E-state index in [2.05, 4.69) is 5.32 Å². The SMILES string of the molecule is CC1(c2ccccc2)CN(CCC(F)(F)F)CCN1. The molecule has 0 bridgehead atoms. The van der Waals surface area contributed by atoms with Gasteiger partial charge in [0.2, 0.25) is 0 Å². The minimum Gasteiger partial charge on any atom is -0.305 e. The smallest absolute Gasteiger partial charge is 0.305 e. The van der Waals surface area contributed by atoms with Gasteiger partial charge in [-0.1, -0.05) is 30.3 Å². The Bertz CT molecular complexity index is 405. The Balaban J connectivity index is 2.00. The molecule has 1 heterocycles. The molecular weight excluding hydrogens is 253 g/mol. The average Bonchev–Trinajstić information content (AvgIpc) is 2.37.